The lowest BCUT2D eigenvalue weighted by Gasteiger charge is -2.10. The van der Waals surface area contributed by atoms with E-state index >= 15 is 0 Å². The van der Waals surface area contributed by atoms with E-state index in [0.717, 1.165) is 11.3 Å². The number of hydrogen-bond donors (Lipinski definition) is 2. The Morgan fingerprint density at radius 1 is 1.04 bits per heavy atom. The van der Waals surface area contributed by atoms with Gasteiger partial charge in [0.15, 0.2) is 0 Å². The summed E-state index contributed by atoms with van der Waals surface area (Å²) < 4.78 is 5.25. The molecule has 0 aliphatic carbocycles. The van der Waals surface area contributed by atoms with Crippen LogP contribution in [0.3, 0.4) is 0 Å². The molecule has 132 valence electrons. The second kappa shape index (κ2) is 9.30. The van der Waals surface area contributed by atoms with Crippen molar-refractivity contribution in [3.8, 4) is 5.75 Å². The number of anilines is 1. The van der Waals surface area contributed by atoms with Crippen LogP contribution in [-0.4, -0.2) is 25.5 Å². The van der Waals surface area contributed by atoms with Crippen molar-refractivity contribution < 1.29 is 14.3 Å². The van der Waals surface area contributed by atoms with Crippen LogP contribution in [0, 0.1) is 0 Å². The van der Waals surface area contributed by atoms with Gasteiger partial charge in [0, 0.05) is 6.54 Å². The molecule has 0 bridgehead atoms. The second-order valence-electron chi connectivity index (χ2n) is 5.24. The van der Waals surface area contributed by atoms with Gasteiger partial charge in [-0.2, -0.15) is 0 Å². The van der Waals surface area contributed by atoms with Crippen molar-refractivity contribution in [3.05, 3.63) is 58.1 Å². The largest absolute Gasteiger partial charge is 0.496 e. The van der Waals surface area contributed by atoms with Crippen LogP contribution >= 0.6 is 23.2 Å². The number of methoxy groups -OCH3 is 1. The van der Waals surface area contributed by atoms with Crippen LogP contribution in [0.25, 0.3) is 0 Å². The van der Waals surface area contributed by atoms with Crippen molar-refractivity contribution >= 4 is 40.7 Å². The molecule has 5 nitrogen and oxygen atoms in total. The van der Waals surface area contributed by atoms with Gasteiger partial charge in [0.25, 0.3) is 0 Å². The van der Waals surface area contributed by atoms with Gasteiger partial charge in [-0.1, -0.05) is 47.5 Å². The number of carbonyl (C=O) groups is 2. The summed E-state index contributed by atoms with van der Waals surface area (Å²) in [6.07, 6.45) is 0.312. The number of ether oxygens (including phenoxy) is 1. The maximum atomic E-state index is 11.9. The number of halogens is 2. The minimum Gasteiger partial charge on any atom is -0.496 e. The summed E-state index contributed by atoms with van der Waals surface area (Å²) in [5.74, 6) is -0.0606. The minimum absolute atomic E-state index is 0.245. The molecular formula is C18H18Cl2N2O3. The van der Waals surface area contributed by atoms with Crippen LogP contribution in [0.2, 0.25) is 10.0 Å². The van der Waals surface area contributed by atoms with Gasteiger partial charge in [-0.15, -0.1) is 0 Å². The van der Waals surface area contributed by atoms with E-state index in [0.29, 0.717) is 23.7 Å². The first-order chi connectivity index (χ1) is 12.0. The Kier molecular flexibility index (Phi) is 7.10. The highest BCUT2D eigenvalue weighted by Crippen LogP contribution is 2.29. The highest BCUT2D eigenvalue weighted by molar-refractivity contribution is 6.44. The first-order valence-electron chi connectivity index (χ1n) is 7.63. The number of rotatable bonds is 7. The molecule has 0 unspecified atom stereocenters. The fraction of sp³-hybridized carbons (Fsp3) is 0.222. The average molecular weight is 381 g/mol. The topological polar surface area (TPSA) is 67.4 Å². The maximum absolute atomic E-state index is 11.9. The molecule has 0 aliphatic rings. The number of nitrogens with one attached hydrogen (secondary N) is 2. The first kappa shape index (κ1) is 19.1. The summed E-state index contributed by atoms with van der Waals surface area (Å²) in [4.78, 5) is 23.8. The molecular weight excluding hydrogens is 363 g/mol. The first-order valence-corrected chi connectivity index (χ1v) is 8.39. The maximum Gasteiger partial charge on any atom is 0.233 e. The van der Waals surface area contributed by atoms with Gasteiger partial charge in [0.05, 0.1) is 22.8 Å². The SMILES string of the molecule is COc1ccccc1CCNC(=O)CC(=O)Nc1cccc(Cl)c1Cl. The minimum atomic E-state index is -0.459. The van der Waals surface area contributed by atoms with Gasteiger partial charge >= 0.3 is 0 Å². The molecule has 0 heterocycles. The van der Waals surface area contributed by atoms with Gasteiger partial charge in [-0.3, -0.25) is 9.59 Å². The van der Waals surface area contributed by atoms with Gasteiger partial charge in [0.2, 0.25) is 11.8 Å². The average Bonchev–Trinajstić information content (AvgIpc) is 2.59. The van der Waals surface area contributed by atoms with Crippen molar-refractivity contribution in [1.82, 2.24) is 5.32 Å². The molecule has 2 N–H and O–H groups in total. The molecule has 2 amide bonds. The fourth-order valence-corrected chi connectivity index (χ4v) is 2.60. The Hall–Kier alpha value is -2.24. The number of hydrogen-bond acceptors (Lipinski definition) is 3. The molecule has 7 heteroatoms. The van der Waals surface area contributed by atoms with Crippen LogP contribution in [0.15, 0.2) is 42.5 Å². The highest BCUT2D eigenvalue weighted by Gasteiger charge is 2.12. The molecule has 2 aromatic rings. The van der Waals surface area contributed by atoms with Gasteiger partial charge < -0.3 is 15.4 Å². The molecule has 0 saturated heterocycles. The molecule has 2 aromatic carbocycles. The molecule has 0 aromatic heterocycles. The lowest BCUT2D eigenvalue weighted by Crippen LogP contribution is -2.29. The molecule has 0 radical (unpaired) electrons. The quantitative estimate of drug-likeness (QED) is 0.719. The summed E-state index contributed by atoms with van der Waals surface area (Å²) in [5, 5.41) is 5.86. The van der Waals surface area contributed by atoms with Crippen molar-refractivity contribution in [2.45, 2.75) is 12.8 Å². The lowest BCUT2D eigenvalue weighted by molar-refractivity contribution is -0.126. The van der Waals surface area contributed by atoms with Gasteiger partial charge in [-0.05, 0) is 30.2 Å². The zero-order valence-electron chi connectivity index (χ0n) is 13.6. The van der Waals surface area contributed by atoms with E-state index in [1.54, 1.807) is 25.3 Å². The lowest BCUT2D eigenvalue weighted by atomic mass is 10.1. The standard InChI is InChI=1S/C18H18Cl2N2O3/c1-25-15-8-3-2-5-12(15)9-10-21-16(23)11-17(24)22-14-7-4-6-13(19)18(14)20/h2-8H,9-11H2,1H3,(H,21,23)(H,22,24). The number of benzene rings is 2. The normalized spacial score (nSPS) is 10.2. The number of para-hydroxylation sites is 1. The Morgan fingerprint density at radius 2 is 1.80 bits per heavy atom. The van der Waals surface area contributed by atoms with Crippen molar-refractivity contribution in [3.63, 3.8) is 0 Å². The van der Waals surface area contributed by atoms with Crippen LogP contribution in [0.5, 0.6) is 5.75 Å². The molecule has 0 aliphatic heterocycles. The van der Waals surface area contributed by atoms with Gasteiger partial charge in [0.1, 0.15) is 12.2 Å². The summed E-state index contributed by atoms with van der Waals surface area (Å²) in [6.45, 7) is 0.407. The van der Waals surface area contributed by atoms with Gasteiger partial charge in [-0.25, -0.2) is 0 Å². The third-order valence-corrected chi connectivity index (χ3v) is 4.27. The third kappa shape index (κ3) is 5.66. The van der Waals surface area contributed by atoms with Crippen molar-refractivity contribution in [1.29, 1.82) is 0 Å². The molecule has 0 fully saturated rings. The zero-order valence-corrected chi connectivity index (χ0v) is 15.2. The van der Waals surface area contributed by atoms with E-state index in [-0.39, 0.29) is 17.4 Å². The summed E-state index contributed by atoms with van der Waals surface area (Å²) in [5.41, 5.74) is 1.36. The second-order valence-corrected chi connectivity index (χ2v) is 6.02. The van der Waals surface area contributed by atoms with Crippen LogP contribution in [0.1, 0.15) is 12.0 Å². The Labute approximate surface area is 156 Å². The predicted octanol–water partition coefficient (Wildman–Crippen LogP) is 3.69. The Balaban J connectivity index is 1.80. The monoisotopic (exact) mass is 380 g/mol. The van der Waals surface area contributed by atoms with E-state index in [9.17, 15) is 9.59 Å². The van der Waals surface area contributed by atoms with Crippen molar-refractivity contribution in [2.24, 2.45) is 0 Å². The van der Waals surface area contributed by atoms with E-state index in [1.807, 2.05) is 24.3 Å². The summed E-state index contributed by atoms with van der Waals surface area (Å²) >= 11 is 11.9. The number of carbonyl (C=O) groups excluding carboxylic acids is 2. The van der Waals surface area contributed by atoms with Crippen LogP contribution in [-0.2, 0) is 16.0 Å². The van der Waals surface area contributed by atoms with E-state index < -0.39 is 5.91 Å². The van der Waals surface area contributed by atoms with E-state index in [1.165, 1.54) is 0 Å². The molecule has 0 atom stereocenters. The molecule has 25 heavy (non-hydrogen) atoms. The Morgan fingerprint density at radius 3 is 2.56 bits per heavy atom. The summed E-state index contributed by atoms with van der Waals surface area (Å²) in [6, 6.07) is 12.5. The fourth-order valence-electron chi connectivity index (χ4n) is 2.25. The van der Waals surface area contributed by atoms with Crippen LogP contribution in [0.4, 0.5) is 5.69 Å². The molecule has 2 rings (SSSR count). The number of amides is 2. The predicted molar refractivity (Wildman–Crippen MR) is 99.4 cm³/mol. The van der Waals surface area contributed by atoms with E-state index in [4.69, 9.17) is 27.9 Å². The van der Waals surface area contributed by atoms with Crippen molar-refractivity contribution in [2.75, 3.05) is 19.0 Å². The molecule has 0 spiro atoms. The van der Waals surface area contributed by atoms with Crippen LogP contribution < -0.4 is 15.4 Å². The zero-order chi connectivity index (χ0) is 18.2. The summed E-state index contributed by atoms with van der Waals surface area (Å²) in [7, 11) is 1.60. The Bertz CT molecular complexity index is 766. The molecule has 0 saturated carbocycles. The highest BCUT2D eigenvalue weighted by atomic mass is 35.5. The van der Waals surface area contributed by atoms with E-state index in [2.05, 4.69) is 10.6 Å². The third-order valence-electron chi connectivity index (χ3n) is 3.46. The smallest absolute Gasteiger partial charge is 0.233 e.